The van der Waals surface area contributed by atoms with Crippen molar-refractivity contribution in [2.24, 2.45) is 0 Å². The van der Waals surface area contributed by atoms with Crippen molar-refractivity contribution in [2.45, 2.75) is 19.4 Å². The van der Waals surface area contributed by atoms with E-state index in [0.29, 0.717) is 37.6 Å². The number of carbonyl (C=O) groups is 1. The first-order valence-corrected chi connectivity index (χ1v) is 9.65. The van der Waals surface area contributed by atoms with E-state index in [-0.39, 0.29) is 5.91 Å². The van der Waals surface area contributed by atoms with Crippen LogP contribution in [0.2, 0.25) is 0 Å². The third-order valence-electron chi connectivity index (χ3n) is 3.81. The number of pyridine rings is 2. The molecule has 0 saturated heterocycles. The third kappa shape index (κ3) is 6.06. The molecule has 0 aliphatic heterocycles. The Hall–Kier alpha value is -2.93. The van der Waals surface area contributed by atoms with Crippen molar-refractivity contribution in [3.8, 4) is 11.5 Å². The number of amides is 1. The second-order valence-electron chi connectivity index (χ2n) is 5.92. The Bertz CT molecular complexity index is 906. The van der Waals surface area contributed by atoms with Crippen molar-refractivity contribution < 1.29 is 14.3 Å². The van der Waals surface area contributed by atoms with E-state index >= 15 is 0 Å². The predicted octanol–water partition coefficient (Wildman–Crippen LogP) is 4.62. The summed E-state index contributed by atoms with van der Waals surface area (Å²) in [5, 5.41) is 2.80. The van der Waals surface area contributed by atoms with E-state index in [1.807, 2.05) is 36.4 Å². The summed E-state index contributed by atoms with van der Waals surface area (Å²) in [7, 11) is 0. The Morgan fingerprint density at radius 1 is 0.964 bits per heavy atom. The Morgan fingerprint density at radius 2 is 1.75 bits per heavy atom. The van der Waals surface area contributed by atoms with Crippen LogP contribution < -0.4 is 14.8 Å². The number of hydrogen-bond acceptors (Lipinski definition) is 5. The van der Waals surface area contributed by atoms with Gasteiger partial charge in [0.25, 0.3) is 0 Å². The fourth-order valence-corrected chi connectivity index (χ4v) is 2.81. The lowest BCUT2D eigenvalue weighted by atomic mass is 10.3. The second-order valence-corrected chi connectivity index (χ2v) is 6.78. The van der Waals surface area contributed by atoms with Gasteiger partial charge in [0.05, 0.1) is 11.1 Å². The summed E-state index contributed by atoms with van der Waals surface area (Å²) in [6, 6.07) is 14.9. The largest absolute Gasteiger partial charge is 0.492 e. The first-order valence-electron chi connectivity index (χ1n) is 8.86. The monoisotopic (exact) mass is 441 g/mol. The highest BCUT2D eigenvalue weighted by Gasteiger charge is 2.10. The molecule has 3 rings (SSSR count). The Labute approximate surface area is 172 Å². The van der Waals surface area contributed by atoms with E-state index in [1.54, 1.807) is 30.7 Å². The van der Waals surface area contributed by atoms with Crippen LogP contribution in [-0.2, 0) is 11.4 Å². The average Bonchev–Trinajstić information content (AvgIpc) is 2.72. The molecule has 28 heavy (non-hydrogen) atoms. The molecule has 6 nitrogen and oxygen atoms in total. The fourth-order valence-electron chi connectivity index (χ4n) is 2.41. The van der Waals surface area contributed by atoms with E-state index in [4.69, 9.17) is 9.47 Å². The van der Waals surface area contributed by atoms with Gasteiger partial charge in [0, 0.05) is 25.0 Å². The van der Waals surface area contributed by atoms with E-state index < -0.39 is 0 Å². The van der Waals surface area contributed by atoms with Crippen LogP contribution in [-0.4, -0.2) is 22.5 Å². The van der Waals surface area contributed by atoms with Gasteiger partial charge in [0.2, 0.25) is 5.91 Å². The van der Waals surface area contributed by atoms with Gasteiger partial charge in [-0.1, -0.05) is 12.1 Å². The molecule has 0 spiro atoms. The molecule has 144 valence electrons. The van der Waals surface area contributed by atoms with Gasteiger partial charge in [0.1, 0.15) is 12.4 Å². The van der Waals surface area contributed by atoms with Crippen LogP contribution in [0.25, 0.3) is 0 Å². The molecule has 1 amide bonds. The number of nitrogens with zero attached hydrogens (tertiary/aromatic N) is 2. The van der Waals surface area contributed by atoms with Gasteiger partial charge in [-0.15, -0.1) is 0 Å². The van der Waals surface area contributed by atoms with E-state index in [1.165, 1.54) is 0 Å². The van der Waals surface area contributed by atoms with Crippen molar-refractivity contribution in [2.75, 3.05) is 11.9 Å². The highest BCUT2D eigenvalue weighted by atomic mass is 79.9. The van der Waals surface area contributed by atoms with Gasteiger partial charge in [0.15, 0.2) is 11.6 Å². The number of halogens is 1. The van der Waals surface area contributed by atoms with Crippen LogP contribution in [0.3, 0.4) is 0 Å². The molecular formula is C21H20BrN3O3. The number of carbonyl (C=O) groups excluding carboxylic acids is 1. The summed E-state index contributed by atoms with van der Waals surface area (Å²) in [6.45, 7) is 0.820. The van der Waals surface area contributed by atoms with E-state index in [2.05, 4.69) is 31.2 Å². The number of benzene rings is 1. The van der Waals surface area contributed by atoms with E-state index in [0.717, 1.165) is 15.8 Å². The standard InChI is InChI=1S/C21H20BrN3O3/c22-17-5-1-2-6-18(17)27-14-4-8-20(26)25-21-19(7-3-11-24-21)28-15-16-9-12-23-13-10-16/h1-3,5-7,9-13H,4,8,14-15H2,(H,24,25,26). The highest BCUT2D eigenvalue weighted by Crippen LogP contribution is 2.24. The van der Waals surface area contributed by atoms with Crippen LogP contribution in [0.5, 0.6) is 11.5 Å². The fraction of sp³-hybridized carbons (Fsp3) is 0.190. The molecule has 1 N–H and O–H groups in total. The number of anilines is 1. The molecule has 3 aromatic rings. The number of rotatable bonds is 9. The molecule has 0 aliphatic carbocycles. The maximum absolute atomic E-state index is 12.2. The minimum absolute atomic E-state index is 0.136. The Kier molecular flexibility index (Phi) is 7.37. The topological polar surface area (TPSA) is 73.3 Å². The molecule has 1 aromatic carbocycles. The summed E-state index contributed by atoms with van der Waals surface area (Å²) >= 11 is 3.43. The number of para-hydroxylation sites is 1. The van der Waals surface area contributed by atoms with E-state index in [9.17, 15) is 4.79 Å². The maximum Gasteiger partial charge on any atom is 0.225 e. The molecule has 0 bridgehead atoms. The third-order valence-corrected chi connectivity index (χ3v) is 4.47. The normalized spacial score (nSPS) is 10.3. The lowest BCUT2D eigenvalue weighted by molar-refractivity contribution is -0.116. The molecule has 0 saturated carbocycles. The van der Waals surface area contributed by atoms with Crippen molar-refractivity contribution in [1.29, 1.82) is 0 Å². The van der Waals surface area contributed by atoms with Crippen LogP contribution >= 0.6 is 15.9 Å². The zero-order chi connectivity index (χ0) is 19.6. The molecule has 0 unspecified atom stereocenters. The van der Waals surface area contributed by atoms with Crippen molar-refractivity contribution in [1.82, 2.24) is 9.97 Å². The Morgan fingerprint density at radius 3 is 2.57 bits per heavy atom. The summed E-state index contributed by atoms with van der Waals surface area (Å²) in [5.74, 6) is 1.56. The summed E-state index contributed by atoms with van der Waals surface area (Å²) in [5.41, 5.74) is 0.986. The average molecular weight is 442 g/mol. The van der Waals surface area contributed by atoms with Gasteiger partial charge in [-0.3, -0.25) is 9.78 Å². The van der Waals surface area contributed by atoms with Gasteiger partial charge in [-0.25, -0.2) is 4.98 Å². The number of nitrogens with one attached hydrogen (secondary N) is 1. The molecule has 2 heterocycles. The van der Waals surface area contributed by atoms with Crippen LogP contribution in [0.1, 0.15) is 18.4 Å². The van der Waals surface area contributed by atoms with Crippen LogP contribution in [0, 0.1) is 0 Å². The number of ether oxygens (including phenoxy) is 2. The predicted molar refractivity (Wildman–Crippen MR) is 110 cm³/mol. The molecular weight excluding hydrogens is 422 g/mol. The zero-order valence-electron chi connectivity index (χ0n) is 15.2. The molecule has 0 fully saturated rings. The first-order chi connectivity index (χ1) is 13.7. The first kappa shape index (κ1) is 19.8. The zero-order valence-corrected chi connectivity index (χ0v) is 16.8. The van der Waals surface area contributed by atoms with Crippen LogP contribution in [0.15, 0.2) is 71.6 Å². The lowest BCUT2D eigenvalue weighted by Crippen LogP contribution is -2.14. The van der Waals surface area contributed by atoms with Crippen molar-refractivity contribution >= 4 is 27.7 Å². The molecule has 0 aliphatic rings. The second kappa shape index (κ2) is 10.4. The highest BCUT2D eigenvalue weighted by molar-refractivity contribution is 9.10. The quantitative estimate of drug-likeness (QED) is 0.490. The van der Waals surface area contributed by atoms with Gasteiger partial charge >= 0.3 is 0 Å². The SMILES string of the molecule is O=C(CCCOc1ccccc1Br)Nc1ncccc1OCc1ccncc1. The maximum atomic E-state index is 12.2. The molecule has 0 radical (unpaired) electrons. The van der Waals surface area contributed by atoms with Crippen LogP contribution in [0.4, 0.5) is 5.82 Å². The summed E-state index contributed by atoms with van der Waals surface area (Å²) in [6.07, 6.45) is 5.95. The summed E-state index contributed by atoms with van der Waals surface area (Å²) < 4.78 is 12.4. The van der Waals surface area contributed by atoms with Gasteiger partial charge in [-0.05, 0) is 64.3 Å². The lowest BCUT2D eigenvalue weighted by Gasteiger charge is -2.12. The van der Waals surface area contributed by atoms with Crippen molar-refractivity contribution in [3.63, 3.8) is 0 Å². The Balaban J connectivity index is 1.46. The molecule has 2 aromatic heterocycles. The molecule has 7 heteroatoms. The van der Waals surface area contributed by atoms with Gasteiger partial charge in [-0.2, -0.15) is 0 Å². The molecule has 0 atom stereocenters. The van der Waals surface area contributed by atoms with Crippen molar-refractivity contribution in [3.05, 3.63) is 77.2 Å². The summed E-state index contributed by atoms with van der Waals surface area (Å²) in [4.78, 5) is 20.4. The number of aromatic nitrogens is 2. The minimum atomic E-state index is -0.136. The smallest absolute Gasteiger partial charge is 0.225 e. The number of hydrogen-bond donors (Lipinski definition) is 1. The minimum Gasteiger partial charge on any atom is -0.492 e. The van der Waals surface area contributed by atoms with Gasteiger partial charge < -0.3 is 14.8 Å².